The van der Waals surface area contributed by atoms with Gasteiger partial charge in [-0.05, 0) is 37.9 Å². The molecule has 0 bridgehead atoms. The van der Waals surface area contributed by atoms with Crippen LogP contribution in [0.15, 0.2) is 24.3 Å². The van der Waals surface area contributed by atoms with Crippen molar-refractivity contribution in [2.75, 3.05) is 6.54 Å². The molecule has 16 heavy (non-hydrogen) atoms. The van der Waals surface area contributed by atoms with Gasteiger partial charge in [0.25, 0.3) is 0 Å². The maximum absolute atomic E-state index is 9.43. The molecular weight excluding hydrogens is 222 g/mol. The maximum Gasteiger partial charge on any atom is 0.0549 e. The lowest BCUT2D eigenvalue weighted by atomic mass is 10.1. The van der Waals surface area contributed by atoms with E-state index >= 15 is 0 Å². The summed E-state index contributed by atoms with van der Waals surface area (Å²) in [5, 5.41) is 13.6. The molecule has 3 heteroatoms. The molecule has 0 saturated heterocycles. The molecule has 1 rings (SSSR count). The van der Waals surface area contributed by atoms with E-state index in [4.69, 9.17) is 11.6 Å². The third-order valence-electron chi connectivity index (χ3n) is 2.77. The molecule has 0 aromatic heterocycles. The molecule has 2 nitrogen and oxygen atoms in total. The van der Waals surface area contributed by atoms with Crippen LogP contribution in [0.1, 0.15) is 38.3 Å². The Hall–Kier alpha value is -0.570. The van der Waals surface area contributed by atoms with Crippen LogP contribution >= 0.6 is 11.6 Å². The molecule has 0 aliphatic heterocycles. The van der Waals surface area contributed by atoms with Crippen LogP contribution in [-0.4, -0.2) is 17.8 Å². The normalized spacial score (nSPS) is 14.8. The van der Waals surface area contributed by atoms with Gasteiger partial charge in [0.2, 0.25) is 0 Å². The van der Waals surface area contributed by atoms with Gasteiger partial charge >= 0.3 is 0 Å². The fourth-order valence-electron chi connectivity index (χ4n) is 1.61. The number of benzene rings is 1. The molecule has 2 N–H and O–H groups in total. The van der Waals surface area contributed by atoms with Gasteiger partial charge in [-0.1, -0.05) is 36.7 Å². The van der Waals surface area contributed by atoms with Gasteiger partial charge in [-0.25, -0.2) is 0 Å². The lowest BCUT2D eigenvalue weighted by molar-refractivity contribution is 0.159. The molecule has 90 valence electrons. The summed E-state index contributed by atoms with van der Waals surface area (Å²) in [5.74, 6) is 0. The van der Waals surface area contributed by atoms with Crippen LogP contribution in [0.5, 0.6) is 0 Å². The molecule has 0 saturated carbocycles. The predicted molar refractivity (Wildman–Crippen MR) is 68.8 cm³/mol. The third kappa shape index (κ3) is 4.12. The Kier molecular flexibility index (Phi) is 5.81. The SMILES string of the molecule is CCC(O)CCNC(C)c1ccccc1Cl. The highest BCUT2D eigenvalue weighted by atomic mass is 35.5. The van der Waals surface area contributed by atoms with E-state index in [0.717, 1.165) is 30.0 Å². The second kappa shape index (κ2) is 6.89. The molecule has 0 heterocycles. The Morgan fingerprint density at radius 3 is 2.69 bits per heavy atom. The van der Waals surface area contributed by atoms with Crippen molar-refractivity contribution in [3.63, 3.8) is 0 Å². The second-order valence-corrected chi connectivity index (χ2v) is 4.46. The van der Waals surface area contributed by atoms with Gasteiger partial charge in [-0.15, -0.1) is 0 Å². The minimum atomic E-state index is -0.203. The summed E-state index contributed by atoms with van der Waals surface area (Å²) in [7, 11) is 0. The van der Waals surface area contributed by atoms with E-state index in [-0.39, 0.29) is 12.1 Å². The van der Waals surface area contributed by atoms with Crippen LogP contribution in [0.2, 0.25) is 5.02 Å². The van der Waals surface area contributed by atoms with Crippen molar-refractivity contribution >= 4 is 11.6 Å². The molecule has 2 unspecified atom stereocenters. The van der Waals surface area contributed by atoms with E-state index in [0.29, 0.717) is 0 Å². The summed E-state index contributed by atoms with van der Waals surface area (Å²) in [5.41, 5.74) is 1.11. The maximum atomic E-state index is 9.43. The summed E-state index contributed by atoms with van der Waals surface area (Å²) in [4.78, 5) is 0. The summed E-state index contributed by atoms with van der Waals surface area (Å²) >= 11 is 6.10. The van der Waals surface area contributed by atoms with Crippen molar-refractivity contribution in [2.24, 2.45) is 0 Å². The van der Waals surface area contributed by atoms with Crippen LogP contribution in [0.25, 0.3) is 0 Å². The van der Waals surface area contributed by atoms with E-state index in [1.807, 2.05) is 31.2 Å². The van der Waals surface area contributed by atoms with Crippen LogP contribution in [0, 0.1) is 0 Å². The van der Waals surface area contributed by atoms with Crippen molar-refractivity contribution in [1.82, 2.24) is 5.32 Å². The van der Waals surface area contributed by atoms with Gasteiger partial charge in [0.15, 0.2) is 0 Å². The number of nitrogens with one attached hydrogen (secondary N) is 1. The zero-order chi connectivity index (χ0) is 12.0. The summed E-state index contributed by atoms with van der Waals surface area (Å²) in [6.07, 6.45) is 1.39. The lowest BCUT2D eigenvalue weighted by Gasteiger charge is -2.16. The first kappa shape index (κ1) is 13.5. The van der Waals surface area contributed by atoms with E-state index in [9.17, 15) is 5.11 Å². The zero-order valence-corrected chi connectivity index (χ0v) is 10.7. The molecule has 1 aromatic rings. The predicted octanol–water partition coefficient (Wildman–Crippen LogP) is 3.15. The number of rotatable bonds is 6. The minimum Gasteiger partial charge on any atom is -0.393 e. The Morgan fingerprint density at radius 2 is 2.06 bits per heavy atom. The van der Waals surface area contributed by atoms with E-state index in [1.165, 1.54) is 0 Å². The van der Waals surface area contributed by atoms with E-state index in [2.05, 4.69) is 12.2 Å². The van der Waals surface area contributed by atoms with Crippen LogP contribution in [0.4, 0.5) is 0 Å². The Balaban J connectivity index is 2.41. The smallest absolute Gasteiger partial charge is 0.0549 e. The molecular formula is C13H20ClNO. The molecule has 0 aliphatic rings. The standard InChI is InChI=1S/C13H20ClNO/c1-3-11(16)8-9-15-10(2)12-6-4-5-7-13(12)14/h4-7,10-11,15-16H,3,8-9H2,1-2H3. The largest absolute Gasteiger partial charge is 0.393 e. The van der Waals surface area contributed by atoms with Crippen molar-refractivity contribution in [3.05, 3.63) is 34.9 Å². The molecule has 2 atom stereocenters. The topological polar surface area (TPSA) is 32.3 Å². The molecule has 0 aliphatic carbocycles. The molecule has 0 spiro atoms. The van der Waals surface area contributed by atoms with Gasteiger partial charge in [-0.3, -0.25) is 0 Å². The molecule has 1 aromatic carbocycles. The van der Waals surface area contributed by atoms with Crippen molar-refractivity contribution in [3.8, 4) is 0 Å². The monoisotopic (exact) mass is 241 g/mol. The van der Waals surface area contributed by atoms with E-state index in [1.54, 1.807) is 0 Å². The van der Waals surface area contributed by atoms with Crippen LogP contribution in [-0.2, 0) is 0 Å². The zero-order valence-electron chi connectivity index (χ0n) is 9.91. The van der Waals surface area contributed by atoms with Gasteiger partial charge in [-0.2, -0.15) is 0 Å². The highest BCUT2D eigenvalue weighted by Crippen LogP contribution is 2.21. The number of halogens is 1. The Morgan fingerprint density at radius 1 is 1.38 bits per heavy atom. The van der Waals surface area contributed by atoms with E-state index < -0.39 is 0 Å². The third-order valence-corrected chi connectivity index (χ3v) is 3.12. The molecule has 0 radical (unpaired) electrons. The van der Waals surface area contributed by atoms with Gasteiger partial charge < -0.3 is 10.4 Å². The highest BCUT2D eigenvalue weighted by Gasteiger charge is 2.08. The molecule has 0 fully saturated rings. The first-order valence-electron chi connectivity index (χ1n) is 5.81. The minimum absolute atomic E-state index is 0.203. The first-order chi connectivity index (χ1) is 7.65. The lowest BCUT2D eigenvalue weighted by Crippen LogP contribution is -2.23. The number of hydrogen-bond acceptors (Lipinski definition) is 2. The van der Waals surface area contributed by atoms with Crippen molar-refractivity contribution in [2.45, 2.75) is 38.8 Å². The second-order valence-electron chi connectivity index (χ2n) is 4.05. The highest BCUT2D eigenvalue weighted by molar-refractivity contribution is 6.31. The summed E-state index contributed by atoms with van der Waals surface area (Å²) in [6.45, 7) is 4.88. The van der Waals surface area contributed by atoms with Gasteiger partial charge in [0.1, 0.15) is 0 Å². The molecule has 0 amide bonds. The first-order valence-corrected chi connectivity index (χ1v) is 6.18. The number of aliphatic hydroxyl groups is 1. The van der Waals surface area contributed by atoms with Gasteiger partial charge in [0.05, 0.1) is 6.10 Å². The van der Waals surface area contributed by atoms with Crippen LogP contribution < -0.4 is 5.32 Å². The fourth-order valence-corrected chi connectivity index (χ4v) is 1.91. The fraction of sp³-hybridized carbons (Fsp3) is 0.538. The van der Waals surface area contributed by atoms with Crippen LogP contribution in [0.3, 0.4) is 0 Å². The number of aliphatic hydroxyl groups excluding tert-OH is 1. The quantitative estimate of drug-likeness (QED) is 0.802. The summed E-state index contributed by atoms with van der Waals surface area (Å²) < 4.78 is 0. The van der Waals surface area contributed by atoms with Crippen molar-refractivity contribution < 1.29 is 5.11 Å². The Bertz CT molecular complexity index is 317. The average Bonchev–Trinajstić information content (AvgIpc) is 2.29. The van der Waals surface area contributed by atoms with Gasteiger partial charge in [0, 0.05) is 11.1 Å². The Labute approximate surface area is 103 Å². The van der Waals surface area contributed by atoms with Crippen molar-refractivity contribution in [1.29, 1.82) is 0 Å². The number of hydrogen-bond donors (Lipinski definition) is 2. The average molecular weight is 242 g/mol. The summed E-state index contributed by atoms with van der Waals surface area (Å²) in [6, 6.07) is 8.06.